The van der Waals surface area contributed by atoms with Crippen LogP contribution in [0, 0.1) is 16.0 Å². The molecule has 1 amide bonds. The fraction of sp³-hybridized carbons (Fsp3) is 0.476. The molecule has 2 unspecified atom stereocenters. The second-order valence-electron chi connectivity index (χ2n) is 8.25. The van der Waals surface area contributed by atoms with Crippen molar-refractivity contribution in [1.29, 1.82) is 0 Å². The fourth-order valence-corrected chi connectivity index (χ4v) is 4.42. The van der Waals surface area contributed by atoms with Gasteiger partial charge in [-0.2, -0.15) is 0 Å². The molecular weight excluding hydrogens is 398 g/mol. The van der Waals surface area contributed by atoms with E-state index in [1.165, 1.54) is 0 Å². The topological polar surface area (TPSA) is 108 Å². The van der Waals surface area contributed by atoms with Gasteiger partial charge in [-0.3, -0.25) is 19.9 Å². The molecule has 0 aliphatic carbocycles. The number of fused-ring (bicyclic) bond motifs is 3. The Kier molecular flexibility index (Phi) is 5.99. The van der Waals surface area contributed by atoms with Crippen LogP contribution in [0.25, 0.3) is 0 Å². The largest absolute Gasteiger partial charge is 0.364 e. The van der Waals surface area contributed by atoms with E-state index in [4.69, 9.17) is 0 Å². The molecule has 0 radical (unpaired) electrons. The summed E-state index contributed by atoms with van der Waals surface area (Å²) in [6, 6.07) is 4.92. The van der Waals surface area contributed by atoms with Gasteiger partial charge in [-0.15, -0.1) is 0 Å². The molecule has 0 saturated carbocycles. The number of rotatable bonds is 6. The fourth-order valence-electron chi connectivity index (χ4n) is 4.42. The van der Waals surface area contributed by atoms with Crippen molar-refractivity contribution in [3.8, 4) is 0 Å². The van der Waals surface area contributed by atoms with Gasteiger partial charge in [0, 0.05) is 62.9 Å². The molecule has 2 aliphatic rings. The molecule has 2 atom stereocenters. The summed E-state index contributed by atoms with van der Waals surface area (Å²) < 4.78 is 0. The quantitative estimate of drug-likeness (QED) is 0.538. The number of hydrogen-bond acceptors (Lipinski definition) is 8. The first-order chi connectivity index (χ1) is 14.9. The average Bonchev–Trinajstić information content (AvgIpc) is 2.78. The average molecular weight is 425 g/mol. The number of nitro groups is 1. The Balaban J connectivity index is 1.62. The highest BCUT2D eigenvalue weighted by atomic mass is 16.6. The van der Waals surface area contributed by atoms with Crippen LogP contribution in [0.15, 0.2) is 36.8 Å². The number of benzene rings is 1. The molecule has 10 nitrogen and oxygen atoms in total. The number of piperazine rings is 1. The van der Waals surface area contributed by atoms with Crippen molar-refractivity contribution in [3.05, 3.63) is 52.5 Å². The minimum atomic E-state index is -0.384. The van der Waals surface area contributed by atoms with Crippen LogP contribution in [0.5, 0.6) is 0 Å². The van der Waals surface area contributed by atoms with E-state index in [9.17, 15) is 14.9 Å². The van der Waals surface area contributed by atoms with Gasteiger partial charge in [0.2, 0.25) is 5.91 Å². The number of anilines is 2. The number of nitrogens with one attached hydrogen (secondary N) is 1. The summed E-state index contributed by atoms with van der Waals surface area (Å²) in [5, 5.41) is 14.3. The van der Waals surface area contributed by atoms with Gasteiger partial charge < -0.3 is 20.0 Å². The Morgan fingerprint density at radius 3 is 2.87 bits per heavy atom. The van der Waals surface area contributed by atoms with E-state index in [0.717, 1.165) is 30.2 Å². The van der Waals surface area contributed by atoms with E-state index < -0.39 is 0 Å². The number of carbonyl (C=O) groups excluding carboxylic acids is 1. The lowest BCUT2D eigenvalue weighted by Crippen LogP contribution is -2.61. The molecule has 3 heterocycles. The Bertz CT molecular complexity index is 953. The normalized spacial score (nSPS) is 20.2. The third kappa shape index (κ3) is 4.43. The minimum absolute atomic E-state index is 0.0185. The molecule has 31 heavy (non-hydrogen) atoms. The lowest BCUT2D eigenvalue weighted by atomic mass is 9.83. The van der Waals surface area contributed by atoms with Gasteiger partial charge >= 0.3 is 0 Å². The van der Waals surface area contributed by atoms with Crippen molar-refractivity contribution in [3.63, 3.8) is 0 Å². The highest BCUT2D eigenvalue weighted by molar-refractivity contribution is 5.82. The van der Waals surface area contributed by atoms with Crippen molar-refractivity contribution >= 4 is 23.1 Å². The maximum absolute atomic E-state index is 13.2. The lowest BCUT2D eigenvalue weighted by molar-refractivity contribution is -0.384. The summed E-state index contributed by atoms with van der Waals surface area (Å²) in [5.74, 6) is 0.467. The van der Waals surface area contributed by atoms with Crippen molar-refractivity contribution < 1.29 is 9.72 Å². The molecule has 0 bridgehead atoms. The summed E-state index contributed by atoms with van der Waals surface area (Å²) in [5.41, 5.74) is 1.89. The molecule has 1 N–H and O–H groups in total. The number of non-ortho nitro benzene ring substituents is 1. The number of amides is 1. The van der Waals surface area contributed by atoms with Gasteiger partial charge in [-0.25, -0.2) is 4.98 Å². The molecule has 1 saturated heterocycles. The van der Waals surface area contributed by atoms with Crippen LogP contribution in [-0.4, -0.2) is 78.6 Å². The van der Waals surface area contributed by atoms with E-state index in [1.807, 2.05) is 25.1 Å². The number of nitrogens with zero attached hydrogens (tertiary/aromatic N) is 6. The third-order valence-electron chi connectivity index (χ3n) is 5.97. The van der Waals surface area contributed by atoms with Crippen LogP contribution in [-0.2, 0) is 11.2 Å². The minimum Gasteiger partial charge on any atom is -0.364 e. The molecule has 1 aromatic carbocycles. The van der Waals surface area contributed by atoms with Crippen LogP contribution in [0.4, 0.5) is 17.2 Å². The Hall–Kier alpha value is -3.27. The SMILES string of the molecule is CN(C)CCNC(=O)C1Cc2cc([N+](=O)[O-])ccc2N2CCN(c3cnccn3)CC12. The molecule has 0 spiro atoms. The second-order valence-corrected chi connectivity index (χ2v) is 8.25. The van der Waals surface area contributed by atoms with Crippen LogP contribution in [0.2, 0.25) is 0 Å². The summed E-state index contributed by atoms with van der Waals surface area (Å²) >= 11 is 0. The van der Waals surface area contributed by atoms with Crippen molar-refractivity contribution in [2.24, 2.45) is 5.92 Å². The lowest BCUT2D eigenvalue weighted by Gasteiger charge is -2.49. The third-order valence-corrected chi connectivity index (χ3v) is 5.97. The number of likely N-dealkylation sites (N-methyl/N-ethyl adjacent to an activating group) is 1. The Morgan fingerprint density at radius 1 is 1.32 bits per heavy atom. The predicted molar refractivity (Wildman–Crippen MR) is 117 cm³/mol. The van der Waals surface area contributed by atoms with E-state index in [0.29, 0.717) is 26.1 Å². The van der Waals surface area contributed by atoms with Crippen LogP contribution < -0.4 is 15.1 Å². The molecule has 1 fully saturated rings. The Labute approximate surface area is 181 Å². The van der Waals surface area contributed by atoms with Crippen molar-refractivity contribution in [1.82, 2.24) is 20.2 Å². The summed E-state index contributed by atoms with van der Waals surface area (Å²) in [6.45, 7) is 3.39. The highest BCUT2D eigenvalue weighted by Crippen LogP contribution is 2.38. The van der Waals surface area contributed by atoms with Gasteiger partial charge in [0.1, 0.15) is 5.82 Å². The summed E-state index contributed by atoms with van der Waals surface area (Å²) in [4.78, 5) is 39.1. The first kappa shape index (κ1) is 21.0. The predicted octanol–water partition coefficient (Wildman–Crippen LogP) is 0.930. The molecule has 4 rings (SSSR count). The van der Waals surface area contributed by atoms with E-state index in [1.54, 1.807) is 30.7 Å². The smallest absolute Gasteiger partial charge is 0.269 e. The van der Waals surface area contributed by atoms with Gasteiger partial charge in [-0.1, -0.05) is 0 Å². The first-order valence-corrected chi connectivity index (χ1v) is 10.4. The number of hydrogen-bond donors (Lipinski definition) is 1. The zero-order chi connectivity index (χ0) is 22.0. The van der Waals surface area contributed by atoms with Gasteiger partial charge in [0.05, 0.1) is 23.1 Å². The van der Waals surface area contributed by atoms with E-state index in [-0.39, 0.29) is 28.5 Å². The van der Waals surface area contributed by atoms with Crippen molar-refractivity contribution in [2.45, 2.75) is 12.5 Å². The van der Waals surface area contributed by atoms with Gasteiger partial charge in [0.15, 0.2) is 0 Å². The van der Waals surface area contributed by atoms with Crippen LogP contribution in [0.1, 0.15) is 5.56 Å². The second kappa shape index (κ2) is 8.84. The Morgan fingerprint density at radius 2 is 2.16 bits per heavy atom. The van der Waals surface area contributed by atoms with E-state index >= 15 is 0 Å². The zero-order valence-electron chi connectivity index (χ0n) is 17.8. The molecule has 164 valence electrons. The number of nitro benzene ring substituents is 1. The molecule has 2 aliphatic heterocycles. The van der Waals surface area contributed by atoms with Crippen molar-refractivity contribution in [2.75, 3.05) is 56.6 Å². The highest BCUT2D eigenvalue weighted by Gasteiger charge is 2.42. The molecule has 10 heteroatoms. The number of aromatic nitrogens is 2. The van der Waals surface area contributed by atoms with Crippen LogP contribution >= 0.6 is 0 Å². The van der Waals surface area contributed by atoms with E-state index in [2.05, 4.69) is 25.1 Å². The first-order valence-electron chi connectivity index (χ1n) is 10.4. The molecule has 1 aromatic heterocycles. The maximum atomic E-state index is 13.2. The number of carbonyl (C=O) groups is 1. The monoisotopic (exact) mass is 425 g/mol. The molecular formula is C21H27N7O3. The standard InChI is InChI=1S/C21H27N7O3/c1-25(2)8-7-24-21(29)17-12-15-11-16(28(30)31)3-4-18(15)27-10-9-26(14-19(17)27)20-13-22-5-6-23-20/h3-6,11,13,17,19H,7-10,12,14H2,1-2H3,(H,24,29). The maximum Gasteiger partial charge on any atom is 0.269 e. The van der Waals surface area contributed by atoms with Crippen LogP contribution in [0.3, 0.4) is 0 Å². The molecule has 2 aromatic rings. The van der Waals surface area contributed by atoms with Gasteiger partial charge in [0.25, 0.3) is 5.69 Å². The summed E-state index contributed by atoms with van der Waals surface area (Å²) in [6.07, 6.45) is 5.52. The zero-order valence-corrected chi connectivity index (χ0v) is 17.8. The van der Waals surface area contributed by atoms with Gasteiger partial charge in [-0.05, 0) is 32.1 Å². The summed E-state index contributed by atoms with van der Waals surface area (Å²) in [7, 11) is 3.92.